The maximum atomic E-state index is 4.29. The number of aromatic nitrogens is 6. The molecule has 4 aromatic carbocycles. The smallest absolute Gasteiger partial charge is 0.114 e. The molecule has 8 rings (SSSR count). The van der Waals surface area contributed by atoms with E-state index in [0.717, 1.165) is 48.2 Å². The monoisotopic (exact) mass is 528 g/mol. The van der Waals surface area contributed by atoms with Gasteiger partial charge in [0.1, 0.15) is 24.4 Å². The molecule has 2 aliphatic rings. The van der Waals surface area contributed by atoms with Crippen LogP contribution in [0.2, 0.25) is 0 Å². The highest BCUT2D eigenvalue weighted by molar-refractivity contribution is 5.75. The average Bonchev–Trinajstić information content (AvgIpc) is 3.74. The van der Waals surface area contributed by atoms with Crippen molar-refractivity contribution in [2.75, 3.05) is 9.80 Å². The van der Waals surface area contributed by atoms with Crippen molar-refractivity contribution < 1.29 is 0 Å². The normalized spacial score (nSPS) is 17.6. The van der Waals surface area contributed by atoms with E-state index < -0.39 is 0 Å². The number of benzene rings is 4. The summed E-state index contributed by atoms with van der Waals surface area (Å²) < 4.78 is 3.96. The first kappa shape index (κ1) is 24.3. The van der Waals surface area contributed by atoms with Crippen molar-refractivity contribution in [2.24, 2.45) is 0 Å². The zero-order valence-corrected chi connectivity index (χ0v) is 22.8. The first-order chi connectivity index (χ1) is 19.7. The van der Waals surface area contributed by atoms with Crippen molar-refractivity contribution in [3.05, 3.63) is 108 Å². The summed E-state index contributed by atoms with van der Waals surface area (Å²) in [5.74, 6) is 0. The molecule has 8 nitrogen and oxygen atoms in total. The van der Waals surface area contributed by atoms with E-state index in [4.69, 9.17) is 0 Å². The van der Waals surface area contributed by atoms with Crippen LogP contribution in [0.5, 0.6) is 0 Å². The summed E-state index contributed by atoms with van der Waals surface area (Å²) in [5.41, 5.74) is 9.56. The van der Waals surface area contributed by atoms with E-state index in [1.54, 1.807) is 0 Å². The molecular formula is C32H32N8. The third-order valence-electron chi connectivity index (χ3n) is 8.11. The van der Waals surface area contributed by atoms with Crippen LogP contribution >= 0.6 is 0 Å². The van der Waals surface area contributed by atoms with E-state index in [1.807, 2.05) is 45.8 Å². The Morgan fingerprint density at radius 1 is 0.550 bits per heavy atom. The lowest BCUT2D eigenvalue weighted by Crippen LogP contribution is -2.31. The largest absolute Gasteiger partial charge is 0.349 e. The second kappa shape index (κ2) is 10.1. The molecule has 0 saturated heterocycles. The quantitative estimate of drug-likeness (QED) is 0.293. The molecule has 200 valence electrons. The van der Waals surface area contributed by atoms with Gasteiger partial charge in [0.25, 0.3) is 0 Å². The molecule has 40 heavy (non-hydrogen) atoms. The van der Waals surface area contributed by atoms with Crippen LogP contribution in [0.15, 0.2) is 97.1 Å². The zero-order chi connectivity index (χ0) is 27.1. The number of fused-ring (bicyclic) bond motifs is 4. The second-order valence-corrected chi connectivity index (χ2v) is 10.7. The number of hydrogen-bond donors (Lipinski definition) is 0. The fraction of sp³-hybridized carbons (Fsp3) is 0.250. The van der Waals surface area contributed by atoms with Crippen molar-refractivity contribution in [2.45, 2.75) is 52.1 Å². The molecule has 0 N–H and O–H groups in total. The van der Waals surface area contributed by atoms with Gasteiger partial charge >= 0.3 is 0 Å². The highest BCUT2D eigenvalue weighted by Gasteiger charge is 2.27. The topological polar surface area (TPSA) is 67.9 Å². The molecule has 0 bridgehead atoms. The number of nitrogens with zero attached hydrogens (tertiary/aromatic N) is 8. The minimum atomic E-state index is 0.496. The van der Waals surface area contributed by atoms with E-state index in [-0.39, 0.29) is 0 Å². The summed E-state index contributed by atoms with van der Waals surface area (Å²) in [5, 5.41) is 17.0. The fourth-order valence-corrected chi connectivity index (χ4v) is 6.02. The molecule has 2 atom stereocenters. The molecule has 0 spiro atoms. The van der Waals surface area contributed by atoms with Gasteiger partial charge in [0.15, 0.2) is 0 Å². The molecule has 0 aliphatic carbocycles. The number of rotatable bonds is 4. The molecule has 0 saturated carbocycles. The molecule has 2 aromatic heterocycles. The third kappa shape index (κ3) is 4.35. The van der Waals surface area contributed by atoms with Gasteiger partial charge in [-0.2, -0.15) is 0 Å². The summed E-state index contributed by atoms with van der Waals surface area (Å²) in [6.07, 6.45) is 2.20. The summed E-state index contributed by atoms with van der Waals surface area (Å²) in [4.78, 5) is 4.80. The minimum absolute atomic E-state index is 0.496. The highest BCUT2D eigenvalue weighted by atomic mass is 15.5. The van der Waals surface area contributed by atoms with Crippen LogP contribution in [0.4, 0.5) is 11.4 Å². The summed E-state index contributed by atoms with van der Waals surface area (Å²) in [6.45, 7) is 6.02. The number of para-hydroxylation sites is 4. The Morgan fingerprint density at radius 3 is 1.43 bits per heavy atom. The first-order valence-electron chi connectivity index (χ1n) is 13.9. The van der Waals surface area contributed by atoms with Gasteiger partial charge in [-0.3, -0.25) is 0 Å². The number of anilines is 2. The average molecular weight is 529 g/mol. The Morgan fingerprint density at radius 2 is 0.950 bits per heavy atom. The summed E-state index contributed by atoms with van der Waals surface area (Å²) in [6, 6.07) is 34.4. The van der Waals surface area contributed by atoms with Crippen LogP contribution in [0, 0.1) is 0 Å². The lowest BCUT2D eigenvalue weighted by atomic mass is 10.1. The van der Waals surface area contributed by atoms with E-state index in [9.17, 15) is 0 Å². The van der Waals surface area contributed by atoms with Crippen LogP contribution in [-0.4, -0.2) is 42.1 Å². The molecule has 0 radical (unpaired) electrons. The van der Waals surface area contributed by atoms with E-state index in [2.05, 4.69) is 105 Å². The minimum Gasteiger partial charge on any atom is -0.349 e. The van der Waals surface area contributed by atoms with Crippen molar-refractivity contribution >= 4 is 33.4 Å². The Hall–Kier alpha value is -4.72. The molecule has 0 fully saturated rings. The Bertz CT molecular complexity index is 1660. The molecular weight excluding hydrogens is 496 g/mol. The van der Waals surface area contributed by atoms with E-state index in [1.165, 1.54) is 22.5 Å². The molecule has 6 aromatic rings. The van der Waals surface area contributed by atoms with Gasteiger partial charge in [0.2, 0.25) is 0 Å². The van der Waals surface area contributed by atoms with E-state index >= 15 is 0 Å². The van der Waals surface area contributed by atoms with Gasteiger partial charge in [-0.1, -0.05) is 71.1 Å². The van der Waals surface area contributed by atoms with Crippen molar-refractivity contribution in [1.82, 2.24) is 30.0 Å². The van der Waals surface area contributed by atoms with Gasteiger partial charge in [-0.15, -0.1) is 10.2 Å². The molecule has 0 unspecified atom stereocenters. The first-order valence-corrected chi connectivity index (χ1v) is 13.9. The second-order valence-electron chi connectivity index (χ2n) is 10.7. The molecule has 8 heteroatoms. The maximum absolute atomic E-state index is 4.29. The SMILES string of the molecule is C[C@@H]1Cc2ccccc2N1Cn1nnc2ccccc21.C[C@H]1Cc2ccccc2N1Cn1nnc2ccccc21. The van der Waals surface area contributed by atoms with Gasteiger partial charge < -0.3 is 9.80 Å². The Balaban J connectivity index is 0.000000132. The van der Waals surface area contributed by atoms with Gasteiger partial charge in [-0.05, 0) is 74.2 Å². The Kier molecular flexibility index (Phi) is 6.15. The number of hydrogen-bond acceptors (Lipinski definition) is 6. The maximum Gasteiger partial charge on any atom is 0.114 e. The van der Waals surface area contributed by atoms with Gasteiger partial charge in [0, 0.05) is 23.5 Å². The highest BCUT2D eigenvalue weighted by Crippen LogP contribution is 2.33. The van der Waals surface area contributed by atoms with Crippen LogP contribution in [0.25, 0.3) is 22.1 Å². The summed E-state index contributed by atoms with van der Waals surface area (Å²) >= 11 is 0. The van der Waals surface area contributed by atoms with Crippen LogP contribution in [-0.2, 0) is 26.2 Å². The lowest BCUT2D eigenvalue weighted by molar-refractivity contribution is 0.536. The summed E-state index contributed by atoms with van der Waals surface area (Å²) in [7, 11) is 0. The standard InChI is InChI=1S/2C16H16N4/c2*1-12-10-13-6-2-4-8-15(13)19(12)11-20-16-9-5-3-7-14(16)17-18-20/h2*2-9,12H,10-11H2,1H3/t2*12-/m10/s1. The fourth-order valence-electron chi connectivity index (χ4n) is 6.02. The Labute approximate surface area is 233 Å². The molecule has 2 aliphatic heterocycles. The van der Waals surface area contributed by atoms with E-state index in [0.29, 0.717) is 12.1 Å². The molecule has 0 amide bonds. The van der Waals surface area contributed by atoms with Gasteiger partial charge in [0.05, 0.1) is 11.0 Å². The third-order valence-corrected chi connectivity index (χ3v) is 8.11. The van der Waals surface area contributed by atoms with Crippen LogP contribution < -0.4 is 9.80 Å². The van der Waals surface area contributed by atoms with Crippen LogP contribution in [0.3, 0.4) is 0 Å². The van der Waals surface area contributed by atoms with Gasteiger partial charge in [-0.25, -0.2) is 9.36 Å². The predicted octanol–water partition coefficient (Wildman–Crippen LogP) is 5.68. The molecule has 4 heterocycles. The van der Waals surface area contributed by atoms with Crippen molar-refractivity contribution in [3.63, 3.8) is 0 Å². The van der Waals surface area contributed by atoms with Crippen molar-refractivity contribution in [1.29, 1.82) is 0 Å². The van der Waals surface area contributed by atoms with Crippen molar-refractivity contribution in [3.8, 4) is 0 Å². The zero-order valence-electron chi connectivity index (χ0n) is 22.8. The lowest BCUT2D eigenvalue weighted by Gasteiger charge is -2.24. The predicted molar refractivity (Wildman–Crippen MR) is 159 cm³/mol. The van der Waals surface area contributed by atoms with Crippen LogP contribution in [0.1, 0.15) is 25.0 Å².